The van der Waals surface area contributed by atoms with Gasteiger partial charge in [-0.3, -0.25) is 4.55 Å². The maximum Gasteiger partial charge on any atom is 0.294 e. The van der Waals surface area contributed by atoms with E-state index in [2.05, 4.69) is 0 Å². The average molecular weight is 383 g/mol. The van der Waals surface area contributed by atoms with Crippen molar-refractivity contribution in [1.29, 1.82) is 10.5 Å². The normalized spacial score (nSPS) is 12.4. The van der Waals surface area contributed by atoms with E-state index < -0.39 is 10.1 Å². The van der Waals surface area contributed by atoms with Crippen molar-refractivity contribution < 1.29 is 13.0 Å². The van der Waals surface area contributed by atoms with Crippen LogP contribution >= 0.6 is 11.8 Å². The van der Waals surface area contributed by atoms with Crippen LogP contribution in [0, 0.1) is 22.7 Å². The molecule has 0 fully saturated rings. The first-order chi connectivity index (χ1) is 12.4. The van der Waals surface area contributed by atoms with Crippen molar-refractivity contribution in [2.75, 3.05) is 11.4 Å². The third-order valence-corrected chi connectivity index (χ3v) is 5.84. The van der Waals surface area contributed by atoms with Crippen molar-refractivity contribution in [2.45, 2.75) is 21.6 Å². The van der Waals surface area contributed by atoms with Gasteiger partial charge in [0.2, 0.25) is 0 Å². The molecule has 1 aliphatic heterocycles. The fourth-order valence-electron chi connectivity index (χ4n) is 2.73. The van der Waals surface area contributed by atoms with Gasteiger partial charge in [0.25, 0.3) is 10.1 Å². The average Bonchev–Trinajstić information content (AvgIpc) is 2.62. The minimum absolute atomic E-state index is 0.0244. The molecule has 2 aromatic rings. The lowest BCUT2D eigenvalue weighted by molar-refractivity contribution is 0.483. The standard InChI is InChI=1S/C18H13N3O3S2/c1-2-21-15-5-3-12(7-13(10-19)11-20)8-18(15)25-17-6-4-14(9-16(17)21)26(22,23)24/h3-9H,2H2,1H3,(H,22,23,24). The van der Waals surface area contributed by atoms with Crippen LogP contribution in [0.3, 0.4) is 0 Å². The molecule has 1 N–H and O–H groups in total. The first kappa shape index (κ1) is 18.0. The molecule has 0 unspecified atom stereocenters. The number of nitriles is 2. The van der Waals surface area contributed by atoms with Gasteiger partial charge in [-0.05, 0) is 48.9 Å². The molecule has 6 nitrogen and oxygen atoms in total. The van der Waals surface area contributed by atoms with Crippen LogP contribution in [0.1, 0.15) is 12.5 Å². The topological polar surface area (TPSA) is 105 Å². The summed E-state index contributed by atoms with van der Waals surface area (Å²) in [5.74, 6) is 0. The largest absolute Gasteiger partial charge is 0.340 e. The number of nitrogens with zero attached hydrogens (tertiary/aromatic N) is 3. The van der Waals surface area contributed by atoms with Gasteiger partial charge < -0.3 is 4.90 Å². The summed E-state index contributed by atoms with van der Waals surface area (Å²) in [7, 11) is -4.28. The van der Waals surface area contributed by atoms with E-state index in [9.17, 15) is 13.0 Å². The highest BCUT2D eigenvalue weighted by molar-refractivity contribution is 7.99. The molecule has 0 radical (unpaired) electrons. The Morgan fingerprint density at radius 2 is 1.88 bits per heavy atom. The number of anilines is 2. The summed E-state index contributed by atoms with van der Waals surface area (Å²) in [6.45, 7) is 2.55. The minimum atomic E-state index is -4.28. The SMILES string of the molecule is CCN1c2ccc(C=C(C#N)C#N)cc2Sc2ccc(S(=O)(=O)O)cc21. The number of benzene rings is 2. The first-order valence-electron chi connectivity index (χ1n) is 7.60. The smallest absolute Gasteiger partial charge is 0.294 e. The van der Waals surface area contributed by atoms with E-state index in [-0.39, 0.29) is 10.5 Å². The summed E-state index contributed by atoms with van der Waals surface area (Å²) in [4.78, 5) is 3.60. The number of fused-ring (bicyclic) bond motifs is 2. The molecule has 0 amide bonds. The number of rotatable bonds is 3. The van der Waals surface area contributed by atoms with Crippen LogP contribution in [-0.4, -0.2) is 19.5 Å². The van der Waals surface area contributed by atoms with Crippen LogP contribution in [0.4, 0.5) is 11.4 Å². The lowest BCUT2D eigenvalue weighted by Crippen LogP contribution is -2.20. The molecule has 0 atom stereocenters. The molecular formula is C18H13N3O3S2. The fourth-order valence-corrected chi connectivity index (χ4v) is 4.35. The quantitative estimate of drug-likeness (QED) is 0.631. The van der Waals surface area contributed by atoms with Gasteiger partial charge in [0.1, 0.15) is 17.7 Å². The van der Waals surface area contributed by atoms with E-state index in [4.69, 9.17) is 10.5 Å². The van der Waals surface area contributed by atoms with Gasteiger partial charge in [-0.1, -0.05) is 17.8 Å². The molecule has 1 aliphatic rings. The Kier molecular flexibility index (Phi) is 4.75. The highest BCUT2D eigenvalue weighted by Gasteiger charge is 2.24. The van der Waals surface area contributed by atoms with Gasteiger partial charge in [-0.25, -0.2) is 0 Å². The summed E-state index contributed by atoms with van der Waals surface area (Å²) >= 11 is 1.46. The number of hydrogen-bond acceptors (Lipinski definition) is 6. The maximum absolute atomic E-state index is 11.4. The molecule has 130 valence electrons. The van der Waals surface area contributed by atoms with E-state index in [1.807, 2.05) is 36.1 Å². The molecule has 1 heterocycles. The Morgan fingerprint density at radius 3 is 2.50 bits per heavy atom. The lowest BCUT2D eigenvalue weighted by atomic mass is 10.1. The fraction of sp³-hybridized carbons (Fsp3) is 0.111. The van der Waals surface area contributed by atoms with Crippen molar-refractivity contribution in [2.24, 2.45) is 0 Å². The van der Waals surface area contributed by atoms with E-state index in [0.717, 1.165) is 21.0 Å². The summed E-state index contributed by atoms with van der Waals surface area (Å²) < 4.78 is 32.2. The highest BCUT2D eigenvalue weighted by atomic mass is 32.2. The van der Waals surface area contributed by atoms with Crippen LogP contribution in [0.25, 0.3) is 6.08 Å². The molecule has 0 saturated heterocycles. The van der Waals surface area contributed by atoms with Crippen LogP contribution < -0.4 is 4.90 Å². The van der Waals surface area contributed by atoms with Gasteiger partial charge in [0.05, 0.1) is 16.3 Å². The van der Waals surface area contributed by atoms with E-state index in [1.54, 1.807) is 12.1 Å². The van der Waals surface area contributed by atoms with Gasteiger partial charge in [-0.15, -0.1) is 0 Å². The first-order valence-corrected chi connectivity index (χ1v) is 9.86. The Bertz CT molecular complexity index is 1090. The third-order valence-electron chi connectivity index (χ3n) is 3.88. The lowest BCUT2D eigenvalue weighted by Gasteiger charge is -2.32. The van der Waals surface area contributed by atoms with Crippen LogP contribution in [-0.2, 0) is 10.1 Å². The molecule has 0 bridgehead atoms. The summed E-state index contributed by atoms with van der Waals surface area (Å²) in [6, 6.07) is 13.7. The predicted molar refractivity (Wildman–Crippen MR) is 98.7 cm³/mol. The zero-order valence-electron chi connectivity index (χ0n) is 13.7. The van der Waals surface area contributed by atoms with Crippen LogP contribution in [0.15, 0.2) is 56.7 Å². The van der Waals surface area contributed by atoms with Crippen molar-refractivity contribution in [1.82, 2.24) is 0 Å². The second kappa shape index (κ2) is 6.85. The van der Waals surface area contributed by atoms with Gasteiger partial charge in [-0.2, -0.15) is 18.9 Å². The van der Waals surface area contributed by atoms with Gasteiger partial charge in [0.15, 0.2) is 0 Å². The Balaban J connectivity index is 2.10. The molecule has 3 rings (SSSR count). The summed E-state index contributed by atoms with van der Waals surface area (Å²) in [5, 5.41) is 17.8. The monoisotopic (exact) mass is 383 g/mol. The third kappa shape index (κ3) is 3.31. The maximum atomic E-state index is 11.4. The summed E-state index contributed by atoms with van der Waals surface area (Å²) in [5.41, 5.74) is 2.36. The second-order valence-corrected chi connectivity index (χ2v) is 7.97. The molecule has 26 heavy (non-hydrogen) atoms. The van der Waals surface area contributed by atoms with Crippen molar-refractivity contribution in [3.05, 3.63) is 47.5 Å². The zero-order chi connectivity index (χ0) is 18.9. The Hall–Kier alpha value is -2.78. The Morgan fingerprint density at radius 1 is 1.15 bits per heavy atom. The second-order valence-electron chi connectivity index (χ2n) is 5.46. The highest BCUT2D eigenvalue weighted by Crippen LogP contribution is 2.48. The number of hydrogen-bond donors (Lipinski definition) is 1. The molecule has 0 aliphatic carbocycles. The van der Waals surface area contributed by atoms with E-state index >= 15 is 0 Å². The number of allylic oxidation sites excluding steroid dienone is 1. The zero-order valence-corrected chi connectivity index (χ0v) is 15.3. The molecule has 0 aromatic heterocycles. The predicted octanol–water partition coefficient (Wildman–Crippen LogP) is 3.99. The molecule has 8 heteroatoms. The van der Waals surface area contributed by atoms with E-state index in [0.29, 0.717) is 12.2 Å². The van der Waals surface area contributed by atoms with Crippen molar-refractivity contribution in [3.63, 3.8) is 0 Å². The molecule has 2 aromatic carbocycles. The van der Waals surface area contributed by atoms with E-state index in [1.165, 1.54) is 30.0 Å². The van der Waals surface area contributed by atoms with Gasteiger partial charge in [0, 0.05) is 16.3 Å². The van der Waals surface area contributed by atoms with Crippen molar-refractivity contribution in [3.8, 4) is 12.1 Å². The molecule has 0 saturated carbocycles. The minimum Gasteiger partial charge on any atom is -0.340 e. The van der Waals surface area contributed by atoms with Gasteiger partial charge >= 0.3 is 0 Å². The molecular weight excluding hydrogens is 370 g/mol. The Labute approximate surface area is 155 Å². The van der Waals surface area contributed by atoms with Crippen LogP contribution in [0.5, 0.6) is 0 Å². The molecule has 0 spiro atoms. The summed E-state index contributed by atoms with van der Waals surface area (Å²) in [6.07, 6.45) is 1.52. The van der Waals surface area contributed by atoms with Crippen LogP contribution in [0.2, 0.25) is 0 Å². The van der Waals surface area contributed by atoms with Crippen molar-refractivity contribution >= 4 is 39.3 Å².